The van der Waals surface area contributed by atoms with Crippen molar-refractivity contribution in [3.05, 3.63) is 92.8 Å². The van der Waals surface area contributed by atoms with Crippen molar-refractivity contribution in [3.8, 4) is 11.5 Å². The van der Waals surface area contributed by atoms with Crippen molar-refractivity contribution in [2.24, 2.45) is 0 Å². The second-order valence-electron chi connectivity index (χ2n) is 7.64. The predicted molar refractivity (Wildman–Crippen MR) is 148 cm³/mol. The highest BCUT2D eigenvalue weighted by atomic mass is 35.5. The maximum absolute atomic E-state index is 12.8. The molecule has 0 aliphatic carbocycles. The summed E-state index contributed by atoms with van der Waals surface area (Å²) in [6.07, 6.45) is -2.71. The lowest BCUT2D eigenvalue weighted by Crippen LogP contribution is -2.05. The number of nitro benzene ring substituents is 1. The molecule has 0 aliphatic rings. The highest BCUT2D eigenvalue weighted by Crippen LogP contribution is 2.37. The van der Waals surface area contributed by atoms with E-state index < -0.39 is 16.7 Å². The summed E-state index contributed by atoms with van der Waals surface area (Å²) in [5.74, 6) is 1.19. The molecule has 0 atom stereocenters. The van der Waals surface area contributed by atoms with E-state index in [0.717, 1.165) is 28.9 Å². The zero-order valence-corrected chi connectivity index (χ0v) is 22.8. The highest BCUT2D eigenvalue weighted by Gasteiger charge is 2.31. The van der Waals surface area contributed by atoms with E-state index in [2.05, 4.69) is 32.2 Å². The van der Waals surface area contributed by atoms with Crippen LogP contribution in [-0.2, 0) is 12.6 Å². The Hall–Kier alpha value is -3.75. The number of rotatable bonds is 8. The van der Waals surface area contributed by atoms with E-state index >= 15 is 0 Å². The summed E-state index contributed by atoms with van der Waals surface area (Å²) in [6.45, 7) is 0. The quantitative estimate of drug-likeness (QED) is 0.109. The molecule has 4 aromatic rings. The van der Waals surface area contributed by atoms with Crippen molar-refractivity contribution in [1.29, 1.82) is 0 Å². The maximum atomic E-state index is 12.8. The molecule has 1 heterocycles. The molecule has 39 heavy (non-hydrogen) atoms. The van der Waals surface area contributed by atoms with E-state index in [1.807, 2.05) is 0 Å². The van der Waals surface area contributed by atoms with Crippen LogP contribution in [0.4, 0.5) is 35.4 Å². The molecule has 0 amide bonds. The first-order valence-corrected chi connectivity index (χ1v) is 12.4. The molecule has 3 aromatic carbocycles. The Kier molecular flexibility index (Phi) is 10.2. The number of aromatic nitrogens is 2. The van der Waals surface area contributed by atoms with Gasteiger partial charge in [0.1, 0.15) is 23.5 Å². The number of nitrogens with one attached hydrogen (secondary N) is 2. The molecule has 4 rings (SSSR count). The minimum absolute atomic E-state index is 0.0992. The third-order valence-corrected chi connectivity index (χ3v) is 6.43. The van der Waals surface area contributed by atoms with Gasteiger partial charge in [-0.3, -0.25) is 10.1 Å². The van der Waals surface area contributed by atoms with Crippen molar-refractivity contribution in [2.75, 3.05) is 24.3 Å². The fourth-order valence-electron chi connectivity index (χ4n) is 3.32. The van der Waals surface area contributed by atoms with Crippen LogP contribution in [0.25, 0.3) is 0 Å². The summed E-state index contributed by atoms with van der Waals surface area (Å²) in [4.78, 5) is 14.8. The lowest BCUT2D eigenvalue weighted by Gasteiger charge is -2.13. The molecule has 0 bridgehead atoms. The third kappa shape index (κ3) is 8.12. The van der Waals surface area contributed by atoms with Gasteiger partial charge in [-0.2, -0.15) is 17.5 Å². The monoisotopic (exact) mass is 599 g/mol. The van der Waals surface area contributed by atoms with Gasteiger partial charge < -0.3 is 19.5 Å². The summed E-state index contributed by atoms with van der Waals surface area (Å²) in [7, 11) is 3.05. The molecule has 206 valence electrons. The number of alkyl halides is 3. The number of halogens is 4. The zero-order valence-electron chi connectivity index (χ0n) is 20.3. The molecule has 0 radical (unpaired) electrons. The summed E-state index contributed by atoms with van der Waals surface area (Å²) < 4.78 is 55.3. The summed E-state index contributed by atoms with van der Waals surface area (Å²) in [5, 5.41) is 14.9. The molecule has 0 fully saturated rings. The number of hydrogen-bond donors (Lipinski definition) is 3. The largest absolute Gasteiger partial charge is 0.497 e. The third-order valence-electron chi connectivity index (χ3n) is 5.17. The summed E-state index contributed by atoms with van der Waals surface area (Å²) >= 11 is 11.0. The molecule has 0 saturated heterocycles. The molecular weight excluding hydrogens is 579 g/mol. The van der Waals surface area contributed by atoms with Crippen LogP contribution in [0.1, 0.15) is 16.7 Å². The Balaban J connectivity index is 0.000000520. The van der Waals surface area contributed by atoms with E-state index in [1.165, 1.54) is 44.2 Å². The van der Waals surface area contributed by atoms with Crippen LogP contribution in [0.5, 0.6) is 11.5 Å². The summed E-state index contributed by atoms with van der Waals surface area (Å²) in [6, 6.07) is 12.6. The van der Waals surface area contributed by atoms with E-state index in [-0.39, 0.29) is 22.1 Å². The zero-order chi connectivity index (χ0) is 28.6. The first kappa shape index (κ1) is 29.8. The molecule has 0 unspecified atom stereocenters. The van der Waals surface area contributed by atoms with Gasteiger partial charge in [0.2, 0.25) is 5.13 Å². The number of benzene rings is 3. The first-order chi connectivity index (χ1) is 18.5. The molecule has 0 spiro atoms. The van der Waals surface area contributed by atoms with Crippen LogP contribution in [0, 0.1) is 10.1 Å². The molecular formula is C24H21ClF3N5O4S2. The Bertz CT molecular complexity index is 1430. The lowest BCUT2D eigenvalue weighted by atomic mass is 10.0. The van der Waals surface area contributed by atoms with Crippen LogP contribution >= 0.6 is 35.9 Å². The first-order valence-electron chi connectivity index (χ1n) is 10.8. The van der Waals surface area contributed by atoms with E-state index in [0.29, 0.717) is 23.5 Å². The lowest BCUT2D eigenvalue weighted by molar-refractivity contribution is -0.384. The van der Waals surface area contributed by atoms with Crippen LogP contribution in [0.3, 0.4) is 0 Å². The molecule has 15 heteroatoms. The number of anilines is 3. The second-order valence-corrected chi connectivity index (χ2v) is 9.05. The Morgan fingerprint density at radius 1 is 1.08 bits per heavy atom. The van der Waals surface area contributed by atoms with Gasteiger partial charge in [0.15, 0.2) is 0 Å². The van der Waals surface area contributed by atoms with Crippen molar-refractivity contribution < 1.29 is 27.6 Å². The van der Waals surface area contributed by atoms with E-state index in [1.54, 1.807) is 24.3 Å². The Morgan fingerprint density at radius 2 is 1.82 bits per heavy atom. The number of nitro groups is 1. The summed E-state index contributed by atoms with van der Waals surface area (Å²) in [5.41, 5.74) is 0.505. The number of ether oxygens (including phenoxy) is 2. The average Bonchev–Trinajstić information content (AvgIpc) is 3.44. The van der Waals surface area contributed by atoms with E-state index in [4.69, 9.17) is 21.1 Å². The number of nitrogens with zero attached hydrogens (tertiary/aromatic N) is 3. The van der Waals surface area contributed by atoms with Crippen LogP contribution in [-0.4, -0.2) is 28.5 Å². The normalized spacial score (nSPS) is 10.7. The molecule has 1 aromatic heterocycles. The van der Waals surface area contributed by atoms with Crippen molar-refractivity contribution in [2.45, 2.75) is 12.6 Å². The number of thiol groups is 1. The predicted octanol–water partition coefficient (Wildman–Crippen LogP) is 7.41. The van der Waals surface area contributed by atoms with Crippen molar-refractivity contribution in [3.63, 3.8) is 0 Å². The van der Waals surface area contributed by atoms with Gasteiger partial charge in [-0.1, -0.05) is 36.5 Å². The fourth-order valence-corrected chi connectivity index (χ4v) is 4.06. The molecule has 0 aliphatic heterocycles. The van der Waals surface area contributed by atoms with Gasteiger partial charge in [0.05, 0.1) is 35.4 Å². The van der Waals surface area contributed by atoms with Crippen molar-refractivity contribution >= 4 is 58.1 Å². The average molecular weight is 600 g/mol. The molecule has 9 nitrogen and oxygen atoms in total. The number of methoxy groups -OCH3 is 2. The van der Waals surface area contributed by atoms with E-state index in [9.17, 15) is 23.3 Å². The van der Waals surface area contributed by atoms with Gasteiger partial charge in [0, 0.05) is 30.1 Å². The highest BCUT2D eigenvalue weighted by molar-refractivity contribution is 7.81. The van der Waals surface area contributed by atoms with Crippen LogP contribution in [0.15, 0.2) is 60.9 Å². The standard InChI is InChI=1S/C22H18ClF3N2O4.C2H3N3S2/c1-31-16-6-4-14(21(12-16)32-2)9-13-3-7-19(20(10-13)28(29)30)27-18-8-5-15(11-17(18)23)22(24,25)26;6-5-2-3-1-4-7-2/h3-8,10-12,27H,9H2,1-2H3;1,6H,(H,3,4,5). The maximum Gasteiger partial charge on any atom is 0.416 e. The minimum atomic E-state index is -4.54. The molecule has 0 saturated carbocycles. The molecule has 2 N–H and O–H groups in total. The minimum Gasteiger partial charge on any atom is -0.497 e. The van der Waals surface area contributed by atoms with Gasteiger partial charge in [-0.05, 0) is 41.5 Å². The van der Waals surface area contributed by atoms with Crippen molar-refractivity contribution in [1.82, 2.24) is 9.36 Å². The Morgan fingerprint density at radius 3 is 2.36 bits per heavy atom. The SMILES string of the molecule is COc1ccc(Cc2ccc(Nc3ccc(C(F)(F)F)cc3Cl)c([N+](=O)[O-])c2)c(OC)c1.SNc1ncns1. The Labute approximate surface area is 235 Å². The van der Waals surface area contributed by atoms with Gasteiger partial charge in [-0.25, -0.2) is 4.98 Å². The van der Waals surface area contributed by atoms with Gasteiger partial charge in [-0.15, -0.1) is 0 Å². The van der Waals surface area contributed by atoms with Crippen LogP contribution in [0.2, 0.25) is 5.02 Å². The fraction of sp³-hybridized carbons (Fsp3) is 0.167. The topological polar surface area (TPSA) is 111 Å². The smallest absolute Gasteiger partial charge is 0.416 e. The van der Waals surface area contributed by atoms with Crippen LogP contribution < -0.4 is 19.5 Å². The van der Waals surface area contributed by atoms with Gasteiger partial charge >= 0.3 is 6.18 Å². The van der Waals surface area contributed by atoms with Gasteiger partial charge in [0.25, 0.3) is 5.69 Å². The number of hydrogen-bond acceptors (Lipinski definition) is 10. The second kappa shape index (κ2) is 13.4.